The van der Waals surface area contributed by atoms with E-state index in [0.717, 1.165) is 14.2 Å². The molecule has 5 nitrogen and oxygen atoms in total. The van der Waals surface area contributed by atoms with Gasteiger partial charge in [-0.1, -0.05) is 45.9 Å². The number of halogens is 1. The molecule has 0 aliphatic heterocycles. The fraction of sp³-hybridized carbons (Fsp3) is 0.100. The molecule has 94 valence electrons. The Hall–Kier alpha value is -1.31. The average molecular weight is 301 g/mol. The molecule has 0 aliphatic rings. The van der Waals surface area contributed by atoms with Crippen molar-refractivity contribution in [2.75, 3.05) is 0 Å². The highest BCUT2D eigenvalue weighted by atomic mass is 35.5. The molecule has 8 heteroatoms. The maximum absolute atomic E-state index is 8.78. The maximum Gasteiger partial charge on any atom is 0.179 e. The van der Waals surface area contributed by atoms with Crippen molar-refractivity contribution in [3.05, 3.63) is 33.8 Å². The molecule has 1 aromatic heterocycles. The van der Waals surface area contributed by atoms with Crippen LogP contribution in [0.15, 0.2) is 32.6 Å². The molecule has 0 saturated carbocycles. The summed E-state index contributed by atoms with van der Waals surface area (Å²) < 4.78 is 0.779. The summed E-state index contributed by atoms with van der Waals surface area (Å²) in [6.45, 7) is 1.88. The largest absolute Gasteiger partial charge is 0.409 e. The van der Waals surface area contributed by atoms with Crippen LogP contribution in [0, 0.1) is 6.92 Å². The first-order valence-corrected chi connectivity index (χ1v) is 6.87. The van der Waals surface area contributed by atoms with Crippen molar-refractivity contribution < 1.29 is 5.21 Å². The number of hydrogen-bond donors (Lipinski definition) is 2. The van der Waals surface area contributed by atoms with E-state index in [1.807, 2.05) is 13.0 Å². The van der Waals surface area contributed by atoms with Gasteiger partial charge in [0.05, 0.1) is 10.6 Å². The third-order valence-electron chi connectivity index (χ3n) is 2.04. The van der Waals surface area contributed by atoms with Crippen LogP contribution in [0.2, 0.25) is 5.02 Å². The number of aryl methyl sites for hydroxylation is 1. The predicted octanol–water partition coefficient (Wildman–Crippen LogP) is 2.75. The molecule has 2 rings (SSSR count). The van der Waals surface area contributed by atoms with E-state index < -0.39 is 0 Å². The molecule has 0 bridgehead atoms. The third kappa shape index (κ3) is 2.74. The van der Waals surface area contributed by atoms with Crippen molar-refractivity contribution >= 4 is 40.5 Å². The molecule has 0 atom stereocenters. The summed E-state index contributed by atoms with van der Waals surface area (Å²) in [7, 11) is 0. The molecule has 0 unspecified atom stereocenters. The summed E-state index contributed by atoms with van der Waals surface area (Å²) in [5, 5.41) is 21.0. The molecule has 1 heterocycles. The Morgan fingerprint density at radius 3 is 2.89 bits per heavy atom. The van der Waals surface area contributed by atoms with Crippen molar-refractivity contribution in [1.82, 2.24) is 10.2 Å². The smallest absolute Gasteiger partial charge is 0.179 e. The Bertz CT molecular complexity index is 599. The molecule has 0 saturated heterocycles. The summed E-state index contributed by atoms with van der Waals surface area (Å²) in [5.74, 6) is -0.0238. The number of amidine groups is 1. The molecule has 2 aromatic rings. The number of aromatic nitrogens is 2. The number of rotatable bonds is 3. The summed E-state index contributed by atoms with van der Waals surface area (Å²) in [6, 6.07) is 5.32. The van der Waals surface area contributed by atoms with Gasteiger partial charge in [-0.2, -0.15) is 0 Å². The second-order valence-corrected chi connectivity index (χ2v) is 6.17. The van der Waals surface area contributed by atoms with E-state index in [-0.39, 0.29) is 5.84 Å². The summed E-state index contributed by atoms with van der Waals surface area (Å²) in [5.41, 5.74) is 6.12. The quantitative estimate of drug-likeness (QED) is 0.394. The summed E-state index contributed by atoms with van der Waals surface area (Å²) >= 11 is 8.91. The van der Waals surface area contributed by atoms with E-state index >= 15 is 0 Å². The van der Waals surface area contributed by atoms with Crippen LogP contribution in [0.5, 0.6) is 0 Å². The van der Waals surface area contributed by atoms with E-state index in [1.54, 1.807) is 12.1 Å². The number of hydrogen-bond acceptors (Lipinski definition) is 6. The van der Waals surface area contributed by atoms with Crippen molar-refractivity contribution in [2.24, 2.45) is 10.9 Å². The molecule has 0 aliphatic carbocycles. The summed E-state index contributed by atoms with van der Waals surface area (Å²) in [4.78, 5) is 0.772. The van der Waals surface area contributed by atoms with Gasteiger partial charge in [0.1, 0.15) is 5.01 Å². The van der Waals surface area contributed by atoms with Gasteiger partial charge in [-0.15, -0.1) is 10.2 Å². The molecule has 0 spiro atoms. The van der Waals surface area contributed by atoms with Crippen LogP contribution >= 0.6 is 34.7 Å². The van der Waals surface area contributed by atoms with E-state index in [0.29, 0.717) is 10.6 Å². The van der Waals surface area contributed by atoms with Crippen LogP contribution in [0.4, 0.5) is 0 Å². The van der Waals surface area contributed by atoms with Crippen molar-refractivity contribution in [3.8, 4) is 0 Å². The van der Waals surface area contributed by atoms with Crippen molar-refractivity contribution in [3.63, 3.8) is 0 Å². The van der Waals surface area contributed by atoms with Gasteiger partial charge in [0.25, 0.3) is 0 Å². The normalized spacial score (nSPS) is 11.8. The SMILES string of the molecule is Cc1nnc(Sc2cccc(Cl)c2C(N)=NO)s1. The van der Waals surface area contributed by atoms with Gasteiger partial charge in [-0.25, -0.2) is 0 Å². The highest BCUT2D eigenvalue weighted by Gasteiger charge is 2.14. The molecule has 0 radical (unpaired) electrons. The first kappa shape index (κ1) is 13.1. The second-order valence-electron chi connectivity index (χ2n) is 3.29. The fourth-order valence-electron chi connectivity index (χ4n) is 1.30. The Morgan fingerprint density at radius 1 is 1.50 bits per heavy atom. The molecule has 0 fully saturated rings. The molecule has 18 heavy (non-hydrogen) atoms. The van der Waals surface area contributed by atoms with Crippen LogP contribution < -0.4 is 5.73 Å². The number of benzene rings is 1. The van der Waals surface area contributed by atoms with Gasteiger partial charge < -0.3 is 10.9 Å². The first-order chi connectivity index (χ1) is 8.61. The van der Waals surface area contributed by atoms with Crippen LogP contribution in [-0.2, 0) is 0 Å². The number of nitrogens with two attached hydrogens (primary N) is 1. The van der Waals surface area contributed by atoms with Crippen molar-refractivity contribution in [2.45, 2.75) is 16.2 Å². The number of nitrogens with zero attached hydrogens (tertiary/aromatic N) is 3. The highest BCUT2D eigenvalue weighted by molar-refractivity contribution is 8.01. The Kier molecular flexibility index (Phi) is 4.05. The highest BCUT2D eigenvalue weighted by Crippen LogP contribution is 2.34. The van der Waals surface area contributed by atoms with E-state index in [2.05, 4.69) is 15.4 Å². The van der Waals surface area contributed by atoms with Gasteiger partial charge in [0, 0.05) is 4.90 Å². The van der Waals surface area contributed by atoms with Gasteiger partial charge in [0.15, 0.2) is 10.2 Å². The summed E-state index contributed by atoms with van der Waals surface area (Å²) in [6.07, 6.45) is 0. The van der Waals surface area contributed by atoms with Gasteiger partial charge in [0.2, 0.25) is 0 Å². The number of oxime groups is 1. The second kappa shape index (κ2) is 5.55. The average Bonchev–Trinajstić information content (AvgIpc) is 2.74. The molecule has 3 N–H and O–H groups in total. The minimum atomic E-state index is -0.0238. The van der Waals surface area contributed by atoms with Crippen LogP contribution in [-0.4, -0.2) is 21.2 Å². The minimum absolute atomic E-state index is 0.0238. The van der Waals surface area contributed by atoms with Crippen molar-refractivity contribution in [1.29, 1.82) is 0 Å². The third-order valence-corrected chi connectivity index (χ3v) is 4.31. The maximum atomic E-state index is 8.78. The lowest BCUT2D eigenvalue weighted by atomic mass is 10.2. The van der Waals surface area contributed by atoms with Crippen LogP contribution in [0.25, 0.3) is 0 Å². The van der Waals surface area contributed by atoms with Crippen LogP contribution in [0.3, 0.4) is 0 Å². The first-order valence-electron chi connectivity index (χ1n) is 4.86. The van der Waals surface area contributed by atoms with Gasteiger partial charge in [-0.05, 0) is 19.1 Å². The Morgan fingerprint density at radius 2 is 2.28 bits per heavy atom. The standard InChI is InChI=1S/C10H9ClN4OS2/c1-5-13-14-10(17-5)18-7-4-2-3-6(11)8(7)9(12)15-16/h2-4,16H,1H3,(H2,12,15). The zero-order valence-electron chi connectivity index (χ0n) is 9.29. The predicted molar refractivity (Wildman–Crippen MR) is 72.7 cm³/mol. The van der Waals surface area contributed by atoms with Gasteiger partial charge >= 0.3 is 0 Å². The minimum Gasteiger partial charge on any atom is -0.409 e. The Balaban J connectivity index is 2.41. The molecular weight excluding hydrogens is 292 g/mol. The lowest BCUT2D eigenvalue weighted by Crippen LogP contribution is -2.14. The molecule has 1 aromatic carbocycles. The van der Waals surface area contributed by atoms with Gasteiger partial charge in [-0.3, -0.25) is 0 Å². The zero-order chi connectivity index (χ0) is 13.1. The van der Waals surface area contributed by atoms with E-state index in [1.165, 1.54) is 23.1 Å². The van der Waals surface area contributed by atoms with E-state index in [4.69, 9.17) is 22.5 Å². The Labute approximate surface area is 117 Å². The lowest BCUT2D eigenvalue weighted by molar-refractivity contribution is 0.318. The topological polar surface area (TPSA) is 84.4 Å². The fourth-order valence-corrected chi connectivity index (χ4v) is 3.58. The van der Waals surface area contributed by atoms with Crippen LogP contribution in [0.1, 0.15) is 10.6 Å². The lowest BCUT2D eigenvalue weighted by Gasteiger charge is -2.07. The zero-order valence-corrected chi connectivity index (χ0v) is 11.7. The molecular formula is C10H9ClN4OS2. The molecule has 0 amide bonds. The monoisotopic (exact) mass is 300 g/mol. The van der Waals surface area contributed by atoms with E-state index in [9.17, 15) is 0 Å².